The Morgan fingerprint density at radius 1 is 1.24 bits per heavy atom. The van der Waals surface area contributed by atoms with E-state index in [1.165, 1.54) is 5.57 Å². The summed E-state index contributed by atoms with van der Waals surface area (Å²) in [6, 6.07) is 6.01. The molecule has 2 saturated heterocycles. The van der Waals surface area contributed by atoms with Crippen LogP contribution in [0.1, 0.15) is 72.3 Å². The molecule has 4 rings (SSSR count). The van der Waals surface area contributed by atoms with Crippen LogP contribution in [0.25, 0.3) is 10.9 Å². The molecule has 0 aliphatic carbocycles. The van der Waals surface area contributed by atoms with E-state index in [9.17, 15) is 4.79 Å². The Balaban J connectivity index is 1.57. The van der Waals surface area contributed by atoms with Crippen molar-refractivity contribution in [1.82, 2.24) is 9.88 Å². The van der Waals surface area contributed by atoms with Crippen molar-refractivity contribution in [2.75, 3.05) is 13.7 Å². The Morgan fingerprint density at radius 3 is 2.76 bits per heavy atom. The third kappa shape index (κ3) is 4.37. The summed E-state index contributed by atoms with van der Waals surface area (Å²) < 4.78 is 18.3. The summed E-state index contributed by atoms with van der Waals surface area (Å²) in [6.45, 7) is 11.0. The van der Waals surface area contributed by atoms with E-state index in [1.54, 1.807) is 7.11 Å². The van der Waals surface area contributed by atoms with E-state index in [-0.39, 0.29) is 11.7 Å². The molecule has 3 heterocycles. The number of aromatic nitrogens is 1. The van der Waals surface area contributed by atoms with Crippen LogP contribution in [0.15, 0.2) is 36.0 Å². The Kier molecular flexibility index (Phi) is 6.25. The smallest absolute Gasteiger partial charge is 0.412 e. The van der Waals surface area contributed by atoms with Gasteiger partial charge in [0.2, 0.25) is 0 Å². The number of hydrogen-bond donors (Lipinski definition) is 1. The lowest BCUT2D eigenvalue weighted by Crippen LogP contribution is -2.59. The first-order chi connectivity index (χ1) is 15.6. The molecule has 1 aromatic carbocycles. The molecule has 2 aromatic rings. The van der Waals surface area contributed by atoms with E-state index >= 15 is 0 Å². The fourth-order valence-corrected chi connectivity index (χ4v) is 5.45. The summed E-state index contributed by atoms with van der Waals surface area (Å²) in [5, 5.41) is 1.11. The van der Waals surface area contributed by atoms with Crippen molar-refractivity contribution in [3.8, 4) is 5.75 Å². The average Bonchev–Trinajstić information content (AvgIpc) is 3.18. The van der Waals surface area contributed by atoms with Gasteiger partial charge >= 0.3 is 6.09 Å². The van der Waals surface area contributed by atoms with Crippen LogP contribution in [0.3, 0.4) is 0 Å². The predicted octanol–water partition coefficient (Wildman–Crippen LogP) is 6.35. The molecule has 6 nitrogen and oxygen atoms in total. The second-order valence-electron chi connectivity index (χ2n) is 10.4. The zero-order chi connectivity index (χ0) is 23.9. The minimum Gasteiger partial charge on any atom is -0.497 e. The van der Waals surface area contributed by atoms with Crippen LogP contribution in [-0.2, 0) is 15.9 Å². The zero-order valence-electron chi connectivity index (χ0n) is 20.9. The molecule has 1 N–H and O–H groups in total. The lowest BCUT2D eigenvalue weighted by molar-refractivity contribution is -0.229. The molecule has 1 aromatic heterocycles. The van der Waals surface area contributed by atoms with E-state index in [1.807, 2.05) is 43.1 Å². The van der Waals surface area contributed by atoms with E-state index in [0.29, 0.717) is 13.0 Å². The monoisotopic (exact) mass is 454 g/mol. The first-order valence-electron chi connectivity index (χ1n) is 12.1. The van der Waals surface area contributed by atoms with Gasteiger partial charge in [-0.05, 0) is 96.9 Å². The number of benzene rings is 1. The SMILES string of the molecule is COc1ccc2[nH]cc(CCN3C(=O)O[C@]4(C)CCC[C@@](C)(CCC=C(C)C)O[C@]34C)c2c1. The van der Waals surface area contributed by atoms with Crippen molar-refractivity contribution >= 4 is 17.0 Å². The molecule has 180 valence electrons. The predicted molar refractivity (Wildman–Crippen MR) is 131 cm³/mol. The molecule has 2 aliphatic heterocycles. The minimum atomic E-state index is -0.815. The lowest BCUT2D eigenvalue weighted by atomic mass is 9.88. The highest BCUT2D eigenvalue weighted by molar-refractivity contribution is 5.84. The molecule has 6 heteroatoms. The number of rotatable bonds is 7. The Hall–Kier alpha value is -2.47. The first-order valence-corrected chi connectivity index (χ1v) is 12.1. The van der Waals surface area contributed by atoms with Gasteiger partial charge in [-0.25, -0.2) is 4.79 Å². The van der Waals surface area contributed by atoms with Crippen molar-refractivity contribution in [1.29, 1.82) is 0 Å². The van der Waals surface area contributed by atoms with E-state index in [0.717, 1.165) is 54.3 Å². The van der Waals surface area contributed by atoms with Crippen LogP contribution >= 0.6 is 0 Å². The third-order valence-corrected chi connectivity index (χ3v) is 7.64. The summed E-state index contributed by atoms with van der Waals surface area (Å²) in [6.07, 6.45) is 9.32. The number of hydrogen-bond acceptors (Lipinski definition) is 4. The van der Waals surface area contributed by atoms with Gasteiger partial charge in [0.25, 0.3) is 0 Å². The molecule has 2 aliphatic rings. The number of allylic oxidation sites excluding steroid dienone is 2. The molecular formula is C27H38N2O4. The number of nitrogens with one attached hydrogen (secondary N) is 1. The number of amides is 1. The average molecular weight is 455 g/mol. The Morgan fingerprint density at radius 2 is 2.03 bits per heavy atom. The Bertz CT molecular complexity index is 1060. The summed E-state index contributed by atoms with van der Waals surface area (Å²) >= 11 is 0. The second kappa shape index (κ2) is 8.71. The minimum absolute atomic E-state index is 0.286. The molecule has 3 atom stereocenters. The van der Waals surface area contributed by atoms with Crippen LogP contribution in [0, 0.1) is 0 Å². The first kappa shape index (κ1) is 23.7. The van der Waals surface area contributed by atoms with Gasteiger partial charge in [-0.2, -0.15) is 0 Å². The van der Waals surface area contributed by atoms with Crippen molar-refractivity contribution in [2.45, 2.75) is 90.1 Å². The highest BCUT2D eigenvalue weighted by Crippen LogP contribution is 2.49. The molecular weight excluding hydrogens is 416 g/mol. The van der Waals surface area contributed by atoms with Crippen molar-refractivity contribution in [3.05, 3.63) is 41.6 Å². The molecule has 0 spiro atoms. The van der Waals surface area contributed by atoms with Crippen molar-refractivity contribution < 1.29 is 19.0 Å². The standard InChI is InChI=1S/C27H38N2O4/c1-19(2)9-7-13-25(3)14-8-15-26(4)27(5,33-25)29(24(30)32-26)16-12-20-18-28-23-11-10-21(31-6)17-22(20)23/h9-11,17-18,28H,7-8,12-16H2,1-6H3/t25-,26-,27+/m1/s1. The Labute approximate surface area is 197 Å². The molecule has 1 amide bonds. The number of fused-ring (bicyclic) bond motifs is 2. The molecule has 0 unspecified atom stereocenters. The summed E-state index contributed by atoms with van der Waals surface area (Å²) in [5.74, 6) is 0.822. The highest BCUT2D eigenvalue weighted by atomic mass is 16.6. The molecule has 0 saturated carbocycles. The van der Waals surface area contributed by atoms with Crippen LogP contribution in [0.5, 0.6) is 5.75 Å². The van der Waals surface area contributed by atoms with E-state index in [4.69, 9.17) is 14.2 Å². The molecule has 0 radical (unpaired) electrons. The van der Waals surface area contributed by atoms with Gasteiger partial charge in [-0.3, -0.25) is 4.90 Å². The van der Waals surface area contributed by atoms with Crippen LogP contribution < -0.4 is 4.74 Å². The topological polar surface area (TPSA) is 63.8 Å². The van der Waals surface area contributed by atoms with Gasteiger partial charge in [0.05, 0.1) is 12.7 Å². The fourth-order valence-electron chi connectivity index (χ4n) is 5.45. The van der Waals surface area contributed by atoms with Gasteiger partial charge in [0, 0.05) is 23.6 Å². The molecule has 0 bridgehead atoms. The summed E-state index contributed by atoms with van der Waals surface area (Å²) in [4.78, 5) is 18.2. The zero-order valence-corrected chi connectivity index (χ0v) is 20.9. The van der Waals surface area contributed by atoms with E-state index < -0.39 is 11.3 Å². The van der Waals surface area contributed by atoms with Gasteiger partial charge < -0.3 is 19.2 Å². The van der Waals surface area contributed by atoms with Crippen molar-refractivity contribution in [3.63, 3.8) is 0 Å². The third-order valence-electron chi connectivity index (χ3n) is 7.64. The molecule has 33 heavy (non-hydrogen) atoms. The van der Waals surface area contributed by atoms with Gasteiger partial charge in [-0.1, -0.05) is 11.6 Å². The summed E-state index contributed by atoms with van der Waals surface area (Å²) in [7, 11) is 1.67. The quantitative estimate of drug-likeness (QED) is 0.495. The largest absolute Gasteiger partial charge is 0.497 e. The molecule has 2 fully saturated rings. The van der Waals surface area contributed by atoms with Crippen LogP contribution in [0.4, 0.5) is 4.79 Å². The van der Waals surface area contributed by atoms with Crippen LogP contribution in [0.2, 0.25) is 0 Å². The maximum atomic E-state index is 13.1. The van der Waals surface area contributed by atoms with Gasteiger partial charge in [-0.15, -0.1) is 0 Å². The highest BCUT2D eigenvalue weighted by Gasteiger charge is 2.63. The number of ether oxygens (including phenoxy) is 3. The number of carbonyl (C=O) groups excluding carboxylic acids is 1. The number of nitrogens with zero attached hydrogens (tertiary/aromatic N) is 1. The fraction of sp³-hybridized carbons (Fsp3) is 0.593. The van der Waals surface area contributed by atoms with Gasteiger partial charge in [0.15, 0.2) is 11.3 Å². The normalized spacial score (nSPS) is 29.5. The lowest BCUT2D eigenvalue weighted by Gasteiger charge is -2.45. The number of carbonyl (C=O) groups is 1. The number of aromatic amines is 1. The second-order valence-corrected chi connectivity index (χ2v) is 10.4. The summed E-state index contributed by atoms with van der Waals surface area (Å²) in [5.41, 5.74) is 1.74. The van der Waals surface area contributed by atoms with E-state index in [2.05, 4.69) is 31.8 Å². The number of H-pyrrole nitrogens is 1. The maximum Gasteiger partial charge on any atom is 0.412 e. The van der Waals surface area contributed by atoms with Crippen molar-refractivity contribution in [2.24, 2.45) is 0 Å². The number of methoxy groups -OCH3 is 1. The maximum absolute atomic E-state index is 13.1. The van der Waals surface area contributed by atoms with Crippen LogP contribution in [-0.4, -0.2) is 46.6 Å². The van der Waals surface area contributed by atoms with Gasteiger partial charge in [0.1, 0.15) is 5.75 Å².